The number of nitrogens with zero attached hydrogens (tertiary/aromatic N) is 1. The summed E-state index contributed by atoms with van der Waals surface area (Å²) in [5, 5.41) is 15.7. The van der Waals surface area contributed by atoms with Gasteiger partial charge in [0.1, 0.15) is 5.75 Å². The summed E-state index contributed by atoms with van der Waals surface area (Å²) < 4.78 is 0. The van der Waals surface area contributed by atoms with Crippen LogP contribution in [0.1, 0.15) is 32.8 Å². The third-order valence-electron chi connectivity index (χ3n) is 2.60. The van der Waals surface area contributed by atoms with E-state index in [0.29, 0.717) is 11.8 Å². The topological polar surface area (TPSA) is 56.7 Å². The number of aromatic hydroxyl groups is 1. The van der Waals surface area contributed by atoms with Crippen LogP contribution in [0.5, 0.6) is 5.75 Å². The zero-order valence-electron chi connectivity index (χ0n) is 12.1. The molecular weight excluding hydrogens is 238 g/mol. The summed E-state index contributed by atoms with van der Waals surface area (Å²) in [6.45, 7) is 7.93. The van der Waals surface area contributed by atoms with E-state index in [0.717, 1.165) is 31.9 Å². The van der Waals surface area contributed by atoms with Gasteiger partial charge in [-0.15, -0.1) is 0 Å². The summed E-state index contributed by atoms with van der Waals surface area (Å²) >= 11 is 0. The zero-order valence-corrected chi connectivity index (χ0v) is 12.1. The lowest BCUT2D eigenvalue weighted by atomic mass is 10.1. The Labute approximate surface area is 116 Å². The van der Waals surface area contributed by atoms with Crippen LogP contribution in [0.2, 0.25) is 0 Å². The Bertz CT molecular complexity index is 385. The van der Waals surface area contributed by atoms with Crippen LogP contribution < -0.4 is 10.6 Å². The van der Waals surface area contributed by atoms with E-state index < -0.39 is 0 Å². The number of rotatable bonds is 6. The lowest BCUT2D eigenvalue weighted by Gasteiger charge is -2.13. The molecule has 3 N–H and O–H groups in total. The van der Waals surface area contributed by atoms with Crippen molar-refractivity contribution in [3.05, 3.63) is 29.8 Å². The van der Waals surface area contributed by atoms with Crippen molar-refractivity contribution >= 4 is 5.96 Å². The predicted octanol–water partition coefficient (Wildman–Crippen LogP) is 2.29. The van der Waals surface area contributed by atoms with E-state index >= 15 is 0 Å². The Morgan fingerprint density at radius 3 is 2.53 bits per heavy atom. The molecule has 0 spiro atoms. The second kappa shape index (κ2) is 8.40. The van der Waals surface area contributed by atoms with Gasteiger partial charge in [-0.25, -0.2) is 0 Å². The Kier molecular flexibility index (Phi) is 6.79. The summed E-state index contributed by atoms with van der Waals surface area (Å²) in [6.07, 6.45) is 1.98. The van der Waals surface area contributed by atoms with Crippen LogP contribution in [-0.4, -0.2) is 30.2 Å². The molecule has 19 heavy (non-hydrogen) atoms. The minimum atomic E-state index is 0.317. The summed E-state index contributed by atoms with van der Waals surface area (Å²) in [7, 11) is 0. The molecule has 106 valence electrons. The fraction of sp³-hybridized carbons (Fsp3) is 0.533. The number of hydrogen-bond acceptors (Lipinski definition) is 2. The highest BCUT2D eigenvalue weighted by atomic mass is 16.3. The lowest BCUT2D eigenvalue weighted by molar-refractivity contribution is 0.475. The maximum atomic E-state index is 9.21. The molecular formula is C15H25N3O. The van der Waals surface area contributed by atoms with E-state index in [1.165, 1.54) is 5.56 Å². The molecule has 0 aliphatic carbocycles. The summed E-state index contributed by atoms with van der Waals surface area (Å²) in [6, 6.07) is 7.74. The molecule has 0 saturated carbocycles. The van der Waals surface area contributed by atoms with Gasteiger partial charge < -0.3 is 15.7 Å². The van der Waals surface area contributed by atoms with E-state index in [-0.39, 0.29) is 0 Å². The van der Waals surface area contributed by atoms with Crippen LogP contribution >= 0.6 is 0 Å². The van der Waals surface area contributed by atoms with Crippen LogP contribution in [0.25, 0.3) is 0 Å². The van der Waals surface area contributed by atoms with Crippen molar-refractivity contribution < 1.29 is 5.11 Å². The van der Waals surface area contributed by atoms with Crippen LogP contribution in [-0.2, 0) is 6.42 Å². The van der Waals surface area contributed by atoms with Crippen LogP contribution in [0.4, 0.5) is 0 Å². The lowest BCUT2D eigenvalue weighted by Crippen LogP contribution is -2.41. The average Bonchev–Trinajstić information content (AvgIpc) is 2.36. The molecule has 0 bridgehead atoms. The van der Waals surface area contributed by atoms with Gasteiger partial charge in [-0.2, -0.15) is 0 Å². The van der Waals surface area contributed by atoms with Crippen molar-refractivity contribution in [2.24, 2.45) is 4.99 Å². The fourth-order valence-electron chi connectivity index (χ4n) is 1.73. The van der Waals surface area contributed by atoms with E-state index in [1.54, 1.807) is 12.1 Å². The van der Waals surface area contributed by atoms with E-state index in [2.05, 4.69) is 36.4 Å². The highest BCUT2D eigenvalue weighted by Gasteiger charge is 1.99. The first-order valence-electron chi connectivity index (χ1n) is 6.94. The quantitative estimate of drug-likeness (QED) is 0.419. The van der Waals surface area contributed by atoms with Crippen LogP contribution in [0.3, 0.4) is 0 Å². The molecule has 0 atom stereocenters. The van der Waals surface area contributed by atoms with Gasteiger partial charge in [0.25, 0.3) is 0 Å². The van der Waals surface area contributed by atoms with Gasteiger partial charge in [-0.05, 0) is 51.3 Å². The smallest absolute Gasteiger partial charge is 0.191 e. The highest BCUT2D eigenvalue weighted by Crippen LogP contribution is 2.10. The Morgan fingerprint density at radius 2 is 1.95 bits per heavy atom. The molecule has 0 aliphatic rings. The number of phenolic OH excluding ortho intramolecular Hbond substituents is 1. The normalized spacial score (nSPS) is 11.7. The second-order valence-electron chi connectivity index (χ2n) is 4.83. The zero-order chi connectivity index (χ0) is 14.1. The molecule has 1 rings (SSSR count). The third kappa shape index (κ3) is 6.70. The Morgan fingerprint density at radius 1 is 1.26 bits per heavy atom. The number of hydrogen-bond donors (Lipinski definition) is 3. The van der Waals surface area contributed by atoms with Crippen molar-refractivity contribution in [1.82, 2.24) is 10.6 Å². The molecule has 0 saturated heterocycles. The average molecular weight is 263 g/mol. The number of benzene rings is 1. The van der Waals surface area contributed by atoms with Gasteiger partial charge >= 0.3 is 0 Å². The first kappa shape index (κ1) is 15.3. The molecule has 0 aliphatic heterocycles. The minimum absolute atomic E-state index is 0.317. The molecule has 0 unspecified atom stereocenters. The minimum Gasteiger partial charge on any atom is -0.508 e. The number of nitrogens with one attached hydrogen (secondary N) is 2. The Balaban J connectivity index is 2.35. The maximum absolute atomic E-state index is 9.21. The van der Waals surface area contributed by atoms with E-state index in [1.807, 2.05) is 12.1 Å². The molecule has 0 aromatic heterocycles. The molecule has 0 radical (unpaired) electrons. The monoisotopic (exact) mass is 263 g/mol. The molecule has 4 nitrogen and oxygen atoms in total. The summed E-state index contributed by atoms with van der Waals surface area (Å²) in [5.74, 6) is 1.19. The third-order valence-corrected chi connectivity index (χ3v) is 2.60. The molecule has 1 aromatic carbocycles. The number of phenols is 1. The van der Waals surface area contributed by atoms with E-state index in [4.69, 9.17) is 0 Å². The van der Waals surface area contributed by atoms with Gasteiger partial charge in [0.2, 0.25) is 0 Å². The summed E-state index contributed by atoms with van der Waals surface area (Å²) in [5.41, 5.74) is 1.23. The SMILES string of the molecule is CCNC(=NCCCc1ccc(O)cc1)NC(C)C. The molecule has 0 heterocycles. The van der Waals surface area contributed by atoms with Crippen molar-refractivity contribution in [1.29, 1.82) is 0 Å². The number of guanidine groups is 1. The van der Waals surface area contributed by atoms with Crippen molar-refractivity contribution in [3.8, 4) is 5.75 Å². The van der Waals surface area contributed by atoms with Gasteiger partial charge in [-0.1, -0.05) is 12.1 Å². The second-order valence-corrected chi connectivity index (χ2v) is 4.83. The number of aliphatic imine (C=N–C) groups is 1. The van der Waals surface area contributed by atoms with Crippen molar-refractivity contribution in [2.45, 2.75) is 39.7 Å². The fourth-order valence-corrected chi connectivity index (χ4v) is 1.73. The van der Waals surface area contributed by atoms with Gasteiger partial charge in [0.15, 0.2) is 5.96 Å². The van der Waals surface area contributed by atoms with Crippen molar-refractivity contribution in [3.63, 3.8) is 0 Å². The maximum Gasteiger partial charge on any atom is 0.191 e. The molecule has 0 fully saturated rings. The summed E-state index contributed by atoms with van der Waals surface area (Å²) in [4.78, 5) is 4.53. The largest absolute Gasteiger partial charge is 0.508 e. The van der Waals surface area contributed by atoms with Crippen LogP contribution in [0, 0.1) is 0 Å². The highest BCUT2D eigenvalue weighted by molar-refractivity contribution is 5.79. The van der Waals surface area contributed by atoms with E-state index in [9.17, 15) is 5.11 Å². The molecule has 0 amide bonds. The first-order valence-corrected chi connectivity index (χ1v) is 6.94. The van der Waals surface area contributed by atoms with Crippen molar-refractivity contribution in [2.75, 3.05) is 13.1 Å². The first-order chi connectivity index (χ1) is 9.11. The van der Waals surface area contributed by atoms with Gasteiger partial charge in [0, 0.05) is 19.1 Å². The molecule has 4 heteroatoms. The van der Waals surface area contributed by atoms with Gasteiger partial charge in [0.05, 0.1) is 0 Å². The van der Waals surface area contributed by atoms with Gasteiger partial charge in [-0.3, -0.25) is 4.99 Å². The standard InChI is InChI=1S/C15H25N3O/c1-4-16-15(18-12(2)3)17-11-5-6-13-7-9-14(19)10-8-13/h7-10,12,19H,4-6,11H2,1-3H3,(H2,16,17,18). The number of aryl methyl sites for hydroxylation is 1. The Hall–Kier alpha value is -1.71. The predicted molar refractivity (Wildman–Crippen MR) is 80.7 cm³/mol. The van der Waals surface area contributed by atoms with Crippen LogP contribution in [0.15, 0.2) is 29.3 Å². The molecule has 1 aromatic rings.